The van der Waals surface area contributed by atoms with Gasteiger partial charge in [-0.05, 0) is 67.0 Å². The molecule has 2 aliphatic heterocycles. The fourth-order valence-corrected chi connectivity index (χ4v) is 7.05. The molecule has 2 aliphatic rings. The number of hydrogen-bond donors (Lipinski definition) is 4. The number of imidazole rings is 2. The van der Waals surface area contributed by atoms with Crippen molar-refractivity contribution in [1.82, 2.24) is 40.4 Å². The Hall–Kier alpha value is -6.31. The van der Waals surface area contributed by atoms with Crippen molar-refractivity contribution < 1.29 is 41.8 Å². The average molecular weight is 789 g/mol. The largest absolute Gasteiger partial charge is 0.453 e. The summed E-state index contributed by atoms with van der Waals surface area (Å²) in [5.74, 6) is 5.75. The van der Waals surface area contributed by atoms with E-state index in [1.165, 1.54) is 7.11 Å². The zero-order valence-electron chi connectivity index (χ0n) is 31.8. The van der Waals surface area contributed by atoms with Crippen molar-refractivity contribution in [2.75, 3.05) is 27.3 Å². The molecule has 4 N–H and O–H groups in total. The molecular weight excluding hydrogens is 745 g/mol. The zero-order valence-corrected chi connectivity index (χ0v) is 31.8. The van der Waals surface area contributed by atoms with E-state index in [2.05, 4.69) is 41.8 Å². The quantitative estimate of drug-likeness (QED) is 0.153. The SMILES string of the molecule is COC(=O)NC(C(=O)N1CCC[C@H]1c1ncc(-c2ccc(C#Cc3ccc(-c4cnc([C@@H]5CCCN5C(=O)[C@@H](NC(=O)OC)C(C)C)[nH]4)cc3)cc2)[nH]1)C(F)(F)F. The van der Waals surface area contributed by atoms with Gasteiger partial charge in [0.1, 0.15) is 17.7 Å². The van der Waals surface area contributed by atoms with E-state index >= 15 is 0 Å². The van der Waals surface area contributed by atoms with Crippen LogP contribution in [-0.2, 0) is 19.1 Å². The third kappa shape index (κ3) is 9.22. The summed E-state index contributed by atoms with van der Waals surface area (Å²) >= 11 is 0. The van der Waals surface area contributed by atoms with E-state index < -0.39 is 42.4 Å². The summed E-state index contributed by atoms with van der Waals surface area (Å²) in [5, 5.41) is 4.26. The number of nitrogens with one attached hydrogen (secondary N) is 4. The van der Waals surface area contributed by atoms with Crippen molar-refractivity contribution in [3.8, 4) is 34.4 Å². The third-order valence-corrected chi connectivity index (χ3v) is 10.1. The Morgan fingerprint density at radius 1 is 0.737 bits per heavy atom. The van der Waals surface area contributed by atoms with Crippen LogP contribution in [0.25, 0.3) is 22.5 Å². The van der Waals surface area contributed by atoms with Gasteiger partial charge in [-0.1, -0.05) is 50.0 Å². The number of hydrogen-bond acceptors (Lipinski definition) is 8. The van der Waals surface area contributed by atoms with Crippen LogP contribution in [0.15, 0.2) is 60.9 Å². The number of rotatable bonds is 9. The molecule has 0 spiro atoms. The van der Waals surface area contributed by atoms with Crippen molar-refractivity contribution in [2.24, 2.45) is 5.92 Å². The number of aromatic amines is 2. The van der Waals surface area contributed by atoms with Gasteiger partial charge in [0.25, 0.3) is 5.91 Å². The van der Waals surface area contributed by atoms with Gasteiger partial charge >= 0.3 is 18.4 Å². The highest BCUT2D eigenvalue weighted by molar-refractivity contribution is 5.87. The molecule has 0 bridgehead atoms. The van der Waals surface area contributed by atoms with Gasteiger partial charge < -0.3 is 39.9 Å². The Morgan fingerprint density at radius 3 is 1.60 bits per heavy atom. The van der Waals surface area contributed by atoms with Crippen molar-refractivity contribution in [2.45, 2.75) is 69.9 Å². The molecule has 4 amide bonds. The number of aromatic nitrogens is 4. The summed E-state index contributed by atoms with van der Waals surface area (Å²) in [6, 6.07) is 10.6. The first-order chi connectivity index (χ1) is 27.3. The van der Waals surface area contributed by atoms with Crippen molar-refractivity contribution in [3.05, 3.63) is 83.7 Å². The number of alkyl carbamates (subject to hydrolysis) is 2. The van der Waals surface area contributed by atoms with E-state index in [9.17, 15) is 32.3 Å². The van der Waals surface area contributed by atoms with E-state index in [0.717, 1.165) is 52.8 Å². The molecule has 0 radical (unpaired) electrons. The molecule has 6 rings (SSSR count). The molecule has 2 saturated heterocycles. The summed E-state index contributed by atoms with van der Waals surface area (Å²) in [7, 11) is 2.19. The minimum Gasteiger partial charge on any atom is -0.453 e. The highest BCUT2D eigenvalue weighted by atomic mass is 19.4. The lowest BCUT2D eigenvalue weighted by molar-refractivity contribution is -0.175. The Bertz CT molecular complexity index is 2140. The van der Waals surface area contributed by atoms with E-state index in [4.69, 9.17) is 4.74 Å². The van der Waals surface area contributed by atoms with Crippen molar-refractivity contribution >= 4 is 24.0 Å². The number of ether oxygens (including phenoxy) is 2. The molecule has 0 aliphatic carbocycles. The first-order valence-electron chi connectivity index (χ1n) is 18.5. The molecule has 0 saturated carbocycles. The Morgan fingerprint density at radius 2 is 1.18 bits per heavy atom. The molecule has 4 aromatic rings. The number of amides is 4. The molecule has 300 valence electrons. The Balaban J connectivity index is 1.08. The third-order valence-electron chi connectivity index (χ3n) is 10.1. The predicted molar refractivity (Wildman–Crippen MR) is 201 cm³/mol. The van der Waals surface area contributed by atoms with Crippen LogP contribution in [0.1, 0.15) is 74.4 Å². The number of likely N-dealkylation sites (tertiary alicyclic amines) is 2. The van der Waals surface area contributed by atoms with Gasteiger partial charge in [-0.2, -0.15) is 13.2 Å². The predicted octanol–water partition coefficient (Wildman–Crippen LogP) is 5.86. The molecule has 57 heavy (non-hydrogen) atoms. The number of benzene rings is 2. The maximum Gasteiger partial charge on any atom is 0.417 e. The smallest absolute Gasteiger partial charge is 0.417 e. The molecule has 2 aromatic heterocycles. The molecule has 2 aromatic carbocycles. The fraction of sp³-hybridized carbons (Fsp3) is 0.400. The summed E-state index contributed by atoms with van der Waals surface area (Å²) < 4.78 is 50.1. The summed E-state index contributed by atoms with van der Waals surface area (Å²) in [4.78, 5) is 68.3. The van der Waals surface area contributed by atoms with Gasteiger partial charge in [0.2, 0.25) is 11.9 Å². The summed E-state index contributed by atoms with van der Waals surface area (Å²) in [6.45, 7) is 4.39. The number of nitrogens with zero attached hydrogens (tertiary/aromatic N) is 4. The van der Waals surface area contributed by atoms with Gasteiger partial charge in [0.15, 0.2) is 0 Å². The maximum atomic E-state index is 13.7. The first-order valence-corrected chi connectivity index (χ1v) is 18.5. The number of carbonyl (C=O) groups excluding carboxylic acids is 4. The number of alkyl halides is 3. The summed E-state index contributed by atoms with van der Waals surface area (Å²) in [6.07, 6.45) is -1.29. The van der Waals surface area contributed by atoms with Gasteiger partial charge in [-0.15, -0.1) is 0 Å². The van der Waals surface area contributed by atoms with Crippen LogP contribution in [0.3, 0.4) is 0 Å². The van der Waals surface area contributed by atoms with E-state index in [1.807, 2.05) is 62.4 Å². The van der Waals surface area contributed by atoms with Gasteiger partial charge in [0.05, 0.1) is 50.1 Å². The van der Waals surface area contributed by atoms with E-state index in [0.29, 0.717) is 36.7 Å². The molecule has 1 unspecified atom stereocenters. The monoisotopic (exact) mass is 788 g/mol. The molecule has 14 nitrogen and oxygen atoms in total. The van der Waals surface area contributed by atoms with E-state index in [-0.39, 0.29) is 24.4 Å². The Labute approximate surface area is 326 Å². The van der Waals surface area contributed by atoms with Crippen LogP contribution in [0, 0.1) is 17.8 Å². The molecular formula is C40H43F3N8O6. The summed E-state index contributed by atoms with van der Waals surface area (Å²) in [5.41, 5.74) is 4.61. The lowest BCUT2D eigenvalue weighted by Gasteiger charge is -2.30. The van der Waals surface area contributed by atoms with Crippen LogP contribution < -0.4 is 10.6 Å². The van der Waals surface area contributed by atoms with Crippen LogP contribution in [-0.4, -0.2) is 99.3 Å². The normalized spacial score (nSPS) is 17.8. The molecule has 4 atom stereocenters. The minimum absolute atomic E-state index is 0.0801. The van der Waals surface area contributed by atoms with Crippen LogP contribution in [0.2, 0.25) is 0 Å². The van der Waals surface area contributed by atoms with E-state index in [1.54, 1.807) is 22.6 Å². The van der Waals surface area contributed by atoms with Gasteiger partial charge in [-0.3, -0.25) is 9.59 Å². The number of halogens is 3. The highest BCUT2D eigenvalue weighted by Crippen LogP contribution is 2.35. The maximum absolute atomic E-state index is 13.7. The highest BCUT2D eigenvalue weighted by Gasteiger charge is 2.50. The molecule has 17 heteroatoms. The van der Waals surface area contributed by atoms with Crippen LogP contribution >= 0.6 is 0 Å². The average Bonchev–Trinajstić information content (AvgIpc) is 4.04. The molecule has 2 fully saturated rings. The fourth-order valence-electron chi connectivity index (χ4n) is 7.05. The van der Waals surface area contributed by atoms with Crippen molar-refractivity contribution in [1.29, 1.82) is 0 Å². The second-order valence-corrected chi connectivity index (χ2v) is 14.1. The van der Waals surface area contributed by atoms with Crippen LogP contribution in [0.5, 0.6) is 0 Å². The second kappa shape index (κ2) is 17.2. The lowest BCUT2D eigenvalue weighted by Crippen LogP contribution is -2.55. The number of H-pyrrole nitrogens is 2. The number of carbonyl (C=O) groups is 4. The Kier molecular flexibility index (Phi) is 12.2. The van der Waals surface area contributed by atoms with Gasteiger partial charge in [0, 0.05) is 24.2 Å². The van der Waals surface area contributed by atoms with Gasteiger partial charge in [-0.25, -0.2) is 19.6 Å². The lowest BCUT2D eigenvalue weighted by atomic mass is 10.0. The number of methoxy groups -OCH3 is 2. The standard InChI is InChI=1S/C40H43F3N8O6/c1-23(2)32(48-38(54)56-3)36(52)50-19-5-7-30(50)34-44-21-28(46-34)26-15-11-24(12-16-26)9-10-25-13-17-27(18-14-25)29-22-45-35(47-29)31-8-6-20-51(31)37(53)33(40(41,42)43)49-39(55)57-4/h11-18,21-23,30-33H,5-8,19-20H2,1-4H3,(H,44,46)(H,45,47)(H,48,54)(H,49,55)/t30-,31-,32-,33?/m0/s1. The van der Waals surface area contributed by atoms with Crippen LogP contribution in [0.4, 0.5) is 22.8 Å². The van der Waals surface area contributed by atoms with Crippen molar-refractivity contribution in [3.63, 3.8) is 0 Å². The zero-order chi connectivity index (χ0) is 40.9. The first kappa shape index (κ1) is 40.4. The second-order valence-electron chi connectivity index (χ2n) is 14.1. The minimum atomic E-state index is -5.01. The topological polar surface area (TPSA) is 175 Å². The molecule has 4 heterocycles.